The predicted octanol–water partition coefficient (Wildman–Crippen LogP) is 5.43. The normalized spacial score (nSPS) is 10.2. The molecule has 0 saturated heterocycles. The van der Waals surface area contributed by atoms with Crippen LogP contribution in [0.1, 0.15) is 20.3 Å². The SMILES string of the molecule is C=Nc1ccc(-c2cncc(OC)c2)nc1SCNC.CC(C)CCOc1ccccc1NC=O. The van der Waals surface area contributed by atoms with E-state index >= 15 is 0 Å². The predicted molar refractivity (Wildman–Crippen MR) is 144 cm³/mol. The molecule has 3 aromatic rings. The molecular formula is C26H33N5O3S. The Balaban J connectivity index is 0.000000258. The van der Waals surface area contributed by atoms with Gasteiger partial charge in [0.15, 0.2) is 0 Å². The Kier molecular flexibility index (Phi) is 12.3. The van der Waals surface area contributed by atoms with Crippen LogP contribution >= 0.6 is 11.8 Å². The summed E-state index contributed by atoms with van der Waals surface area (Å²) >= 11 is 1.58. The second kappa shape index (κ2) is 15.5. The number of carbonyl (C=O) groups is 1. The number of anilines is 1. The minimum atomic E-state index is 0.621. The average molecular weight is 496 g/mol. The molecule has 9 heteroatoms. The summed E-state index contributed by atoms with van der Waals surface area (Å²) in [5.41, 5.74) is 3.25. The minimum absolute atomic E-state index is 0.621. The van der Waals surface area contributed by atoms with E-state index in [4.69, 9.17) is 9.47 Å². The number of benzene rings is 1. The molecule has 0 atom stereocenters. The van der Waals surface area contributed by atoms with Gasteiger partial charge in [-0.25, -0.2) is 4.98 Å². The van der Waals surface area contributed by atoms with Crippen LogP contribution < -0.4 is 20.1 Å². The fourth-order valence-corrected chi connectivity index (χ4v) is 3.54. The number of aromatic nitrogens is 2. The summed E-state index contributed by atoms with van der Waals surface area (Å²) in [6.45, 7) is 8.55. The fraction of sp³-hybridized carbons (Fsp3) is 0.308. The van der Waals surface area contributed by atoms with Crippen LogP contribution in [0.5, 0.6) is 11.5 Å². The first-order valence-corrected chi connectivity index (χ1v) is 12.2. The first-order valence-electron chi connectivity index (χ1n) is 11.2. The summed E-state index contributed by atoms with van der Waals surface area (Å²) in [5, 5.41) is 6.52. The number of thioether (sulfide) groups is 1. The maximum Gasteiger partial charge on any atom is 0.211 e. The summed E-state index contributed by atoms with van der Waals surface area (Å²) < 4.78 is 10.8. The van der Waals surface area contributed by atoms with E-state index in [9.17, 15) is 4.79 Å². The highest BCUT2D eigenvalue weighted by Crippen LogP contribution is 2.30. The molecule has 2 heterocycles. The van der Waals surface area contributed by atoms with E-state index in [2.05, 4.69) is 46.2 Å². The third kappa shape index (κ3) is 9.38. The average Bonchev–Trinajstić information content (AvgIpc) is 2.88. The van der Waals surface area contributed by atoms with Gasteiger partial charge in [-0.3, -0.25) is 14.8 Å². The van der Waals surface area contributed by atoms with Crippen molar-refractivity contribution in [3.05, 3.63) is 54.9 Å². The van der Waals surface area contributed by atoms with Crippen LogP contribution in [0, 0.1) is 5.92 Å². The summed E-state index contributed by atoms with van der Waals surface area (Å²) in [6.07, 6.45) is 5.10. The molecular weight excluding hydrogens is 462 g/mol. The summed E-state index contributed by atoms with van der Waals surface area (Å²) in [7, 11) is 3.51. The molecule has 0 aliphatic carbocycles. The van der Waals surface area contributed by atoms with E-state index in [-0.39, 0.29) is 0 Å². The molecule has 0 spiro atoms. The highest BCUT2D eigenvalue weighted by molar-refractivity contribution is 7.99. The van der Waals surface area contributed by atoms with Crippen LogP contribution in [0.3, 0.4) is 0 Å². The molecule has 1 aromatic carbocycles. The molecule has 0 unspecified atom stereocenters. The first kappa shape index (κ1) is 27.8. The molecule has 35 heavy (non-hydrogen) atoms. The smallest absolute Gasteiger partial charge is 0.211 e. The molecule has 0 saturated carbocycles. The third-order valence-electron chi connectivity index (χ3n) is 4.66. The Morgan fingerprint density at radius 2 is 2.00 bits per heavy atom. The first-order chi connectivity index (χ1) is 17.0. The number of ether oxygens (including phenoxy) is 2. The van der Waals surface area contributed by atoms with E-state index in [0.29, 0.717) is 24.7 Å². The van der Waals surface area contributed by atoms with Crippen LogP contribution in [0.15, 0.2) is 64.9 Å². The number of hydrogen-bond acceptors (Lipinski definition) is 8. The van der Waals surface area contributed by atoms with Crippen LogP contribution in [-0.4, -0.2) is 49.7 Å². The summed E-state index contributed by atoms with van der Waals surface area (Å²) in [4.78, 5) is 23.1. The van der Waals surface area contributed by atoms with Gasteiger partial charge in [-0.15, -0.1) is 0 Å². The zero-order valence-electron chi connectivity index (χ0n) is 20.7. The number of hydrogen-bond donors (Lipinski definition) is 2. The van der Waals surface area contributed by atoms with Crippen LogP contribution in [0.4, 0.5) is 11.4 Å². The highest BCUT2D eigenvalue weighted by Gasteiger charge is 2.08. The maximum absolute atomic E-state index is 10.3. The lowest BCUT2D eigenvalue weighted by Crippen LogP contribution is -2.04. The van der Waals surface area contributed by atoms with Gasteiger partial charge in [0.25, 0.3) is 0 Å². The molecule has 8 nitrogen and oxygen atoms in total. The van der Waals surface area contributed by atoms with Crippen molar-refractivity contribution < 1.29 is 14.3 Å². The zero-order chi connectivity index (χ0) is 25.5. The van der Waals surface area contributed by atoms with Crippen LogP contribution in [-0.2, 0) is 4.79 Å². The maximum atomic E-state index is 10.3. The molecule has 2 aromatic heterocycles. The van der Waals surface area contributed by atoms with Crippen molar-refractivity contribution in [1.82, 2.24) is 15.3 Å². The topological polar surface area (TPSA) is 97.7 Å². The zero-order valence-corrected chi connectivity index (χ0v) is 21.5. The molecule has 186 valence electrons. The molecule has 0 radical (unpaired) electrons. The highest BCUT2D eigenvalue weighted by atomic mass is 32.2. The third-order valence-corrected chi connectivity index (χ3v) is 5.67. The Morgan fingerprint density at radius 1 is 1.20 bits per heavy atom. The molecule has 3 rings (SSSR count). The van der Waals surface area contributed by atoms with Gasteiger partial charge in [0.05, 0.1) is 37.0 Å². The van der Waals surface area contributed by atoms with Gasteiger partial charge in [-0.05, 0) is 56.4 Å². The van der Waals surface area contributed by atoms with Gasteiger partial charge in [0.1, 0.15) is 16.5 Å². The largest absolute Gasteiger partial charge is 0.495 e. The van der Waals surface area contributed by atoms with E-state index in [1.807, 2.05) is 49.5 Å². The van der Waals surface area contributed by atoms with Crippen molar-refractivity contribution in [3.8, 4) is 22.8 Å². The van der Waals surface area contributed by atoms with Crippen LogP contribution in [0.25, 0.3) is 11.3 Å². The van der Waals surface area contributed by atoms with E-state index in [1.54, 1.807) is 31.3 Å². The van der Waals surface area contributed by atoms with E-state index < -0.39 is 0 Å². The standard InChI is InChI=1S/C14H16N4OS.C12H17NO2/c1-15-9-20-14-13(16-2)5-4-12(18-14)10-6-11(19-3)8-17-7-10;1-10(2)7-8-15-12-6-4-3-5-11(12)13-9-14/h4-8,15H,2,9H2,1,3H3;3-6,9-10H,7-8H2,1-2H3,(H,13,14). The second-order valence-electron chi connectivity index (χ2n) is 7.72. The van der Waals surface area contributed by atoms with Crippen molar-refractivity contribution in [2.75, 3.05) is 32.0 Å². The van der Waals surface area contributed by atoms with Crippen molar-refractivity contribution >= 4 is 36.3 Å². The lowest BCUT2D eigenvalue weighted by atomic mass is 10.1. The number of methoxy groups -OCH3 is 1. The number of pyridine rings is 2. The Morgan fingerprint density at radius 3 is 2.69 bits per heavy atom. The fourth-order valence-electron chi connectivity index (χ4n) is 2.81. The quantitative estimate of drug-likeness (QED) is 0.150. The van der Waals surface area contributed by atoms with Crippen molar-refractivity contribution in [3.63, 3.8) is 0 Å². The van der Waals surface area contributed by atoms with Gasteiger partial charge < -0.3 is 20.1 Å². The summed E-state index contributed by atoms with van der Waals surface area (Å²) in [6, 6.07) is 13.1. The van der Waals surface area contributed by atoms with Gasteiger partial charge in [-0.1, -0.05) is 37.7 Å². The minimum Gasteiger partial charge on any atom is -0.495 e. The van der Waals surface area contributed by atoms with E-state index in [1.165, 1.54) is 0 Å². The molecule has 2 N–H and O–H groups in total. The number of para-hydroxylation sites is 2. The number of nitrogens with one attached hydrogen (secondary N) is 2. The Labute approximate surface area is 211 Å². The summed E-state index contributed by atoms with van der Waals surface area (Å²) in [5.74, 6) is 2.82. The Bertz CT molecular complexity index is 1080. The van der Waals surface area contributed by atoms with Gasteiger partial charge in [0.2, 0.25) is 6.41 Å². The van der Waals surface area contributed by atoms with Gasteiger partial charge >= 0.3 is 0 Å². The number of nitrogens with zero attached hydrogens (tertiary/aromatic N) is 3. The van der Waals surface area contributed by atoms with Crippen molar-refractivity contribution in [2.45, 2.75) is 25.3 Å². The van der Waals surface area contributed by atoms with Crippen molar-refractivity contribution in [1.29, 1.82) is 0 Å². The Hall–Kier alpha value is -3.43. The molecule has 0 bridgehead atoms. The van der Waals surface area contributed by atoms with Gasteiger partial charge in [0, 0.05) is 17.6 Å². The molecule has 0 aliphatic rings. The molecule has 1 amide bonds. The van der Waals surface area contributed by atoms with E-state index in [0.717, 1.165) is 45.7 Å². The number of amides is 1. The van der Waals surface area contributed by atoms with Crippen molar-refractivity contribution in [2.24, 2.45) is 10.9 Å². The van der Waals surface area contributed by atoms with Crippen LogP contribution in [0.2, 0.25) is 0 Å². The molecule has 0 fully saturated rings. The lowest BCUT2D eigenvalue weighted by Gasteiger charge is -2.11. The van der Waals surface area contributed by atoms with Gasteiger partial charge in [-0.2, -0.15) is 0 Å². The number of rotatable bonds is 12. The monoisotopic (exact) mass is 495 g/mol. The lowest BCUT2D eigenvalue weighted by molar-refractivity contribution is -0.105. The molecule has 0 aliphatic heterocycles. The number of carbonyl (C=O) groups excluding carboxylic acids is 1. The number of aliphatic imine (C=N–C) groups is 1. The second-order valence-corrected chi connectivity index (χ2v) is 8.69.